The normalized spacial score (nSPS) is 25.2. The van der Waals surface area contributed by atoms with E-state index >= 15 is 0 Å². The van der Waals surface area contributed by atoms with Crippen LogP contribution in [0, 0.1) is 12.8 Å². The quantitative estimate of drug-likeness (QED) is 0.887. The number of rotatable bonds is 3. The van der Waals surface area contributed by atoms with Crippen molar-refractivity contribution in [2.75, 3.05) is 0 Å². The van der Waals surface area contributed by atoms with Gasteiger partial charge in [0.1, 0.15) is 0 Å². The summed E-state index contributed by atoms with van der Waals surface area (Å²) in [5.74, 6) is 0.351. The predicted molar refractivity (Wildman–Crippen MR) is 71.4 cm³/mol. The van der Waals surface area contributed by atoms with E-state index in [1.54, 1.807) is 6.92 Å². The molecule has 1 aliphatic rings. The number of aromatic nitrogens is 1. The van der Waals surface area contributed by atoms with Crippen molar-refractivity contribution in [3.05, 3.63) is 15.4 Å². The van der Waals surface area contributed by atoms with Crippen molar-refractivity contribution in [1.29, 1.82) is 0 Å². The average Bonchev–Trinajstić information content (AvgIpc) is 2.62. The van der Waals surface area contributed by atoms with Crippen molar-refractivity contribution in [1.82, 2.24) is 9.71 Å². The van der Waals surface area contributed by atoms with Gasteiger partial charge in [-0.1, -0.05) is 31.1 Å². The topological polar surface area (TPSA) is 79.0 Å². The molecule has 1 fully saturated rings. The average molecular weight is 290 g/mol. The number of H-pyrrole nitrogens is 1. The molecule has 1 heterocycles. The Morgan fingerprint density at radius 1 is 1.33 bits per heavy atom. The molecule has 2 unspecified atom stereocenters. The second-order valence-electron chi connectivity index (χ2n) is 4.92. The zero-order valence-electron chi connectivity index (χ0n) is 10.5. The van der Waals surface area contributed by atoms with E-state index in [0.717, 1.165) is 37.0 Å². The molecule has 1 aliphatic carbocycles. The molecule has 1 aromatic rings. The molecule has 0 bridgehead atoms. The van der Waals surface area contributed by atoms with E-state index in [9.17, 15) is 13.2 Å². The zero-order valence-corrected chi connectivity index (χ0v) is 12.2. The third kappa shape index (κ3) is 2.84. The number of aromatic amines is 1. The van der Waals surface area contributed by atoms with Gasteiger partial charge in [0.2, 0.25) is 0 Å². The van der Waals surface area contributed by atoms with E-state index in [2.05, 4.69) is 16.6 Å². The highest BCUT2D eigenvalue weighted by Gasteiger charge is 2.28. The Kier molecular flexibility index (Phi) is 3.93. The van der Waals surface area contributed by atoms with Gasteiger partial charge >= 0.3 is 4.87 Å². The van der Waals surface area contributed by atoms with Crippen LogP contribution in [0.3, 0.4) is 0 Å². The molecule has 7 heteroatoms. The van der Waals surface area contributed by atoms with Gasteiger partial charge in [0.15, 0.2) is 4.21 Å². The largest absolute Gasteiger partial charge is 0.315 e. The first-order valence-corrected chi connectivity index (χ1v) is 8.42. The SMILES string of the molecule is Cc1[nH]c(=O)sc1S(=O)(=O)NC1CCCCC1C. The van der Waals surface area contributed by atoms with Crippen LogP contribution in [-0.4, -0.2) is 19.4 Å². The first-order chi connectivity index (χ1) is 8.40. The fourth-order valence-electron chi connectivity index (χ4n) is 2.39. The molecule has 0 radical (unpaired) electrons. The van der Waals surface area contributed by atoms with Crippen LogP contribution in [-0.2, 0) is 10.0 Å². The molecule has 0 aromatic carbocycles. The monoisotopic (exact) mass is 290 g/mol. The Morgan fingerprint density at radius 2 is 2.00 bits per heavy atom. The van der Waals surface area contributed by atoms with Gasteiger partial charge in [0.05, 0.1) is 0 Å². The molecule has 18 heavy (non-hydrogen) atoms. The van der Waals surface area contributed by atoms with Gasteiger partial charge in [0, 0.05) is 11.7 Å². The minimum absolute atomic E-state index is 0.0136. The lowest BCUT2D eigenvalue weighted by atomic mass is 9.87. The maximum atomic E-state index is 12.2. The van der Waals surface area contributed by atoms with Crippen LogP contribution in [0.15, 0.2) is 9.00 Å². The van der Waals surface area contributed by atoms with Crippen molar-refractivity contribution in [2.45, 2.75) is 49.8 Å². The highest BCUT2D eigenvalue weighted by Crippen LogP contribution is 2.26. The summed E-state index contributed by atoms with van der Waals surface area (Å²) >= 11 is 0.750. The standard InChI is InChI=1S/C11H18N2O3S2/c1-7-5-3-4-6-9(7)13-18(15,16)10-8(2)12-11(14)17-10/h7,9,13H,3-6H2,1-2H3,(H,12,14). The second-order valence-corrected chi connectivity index (χ2v) is 7.81. The predicted octanol–water partition coefficient (Wildman–Crippen LogP) is 1.60. The fourth-order valence-corrected chi connectivity index (χ4v) is 5.09. The van der Waals surface area contributed by atoms with Crippen LogP contribution in [0.5, 0.6) is 0 Å². The molecule has 1 aromatic heterocycles. The van der Waals surface area contributed by atoms with Gasteiger partial charge in [-0.15, -0.1) is 0 Å². The van der Waals surface area contributed by atoms with Crippen molar-refractivity contribution >= 4 is 21.4 Å². The molecule has 0 spiro atoms. The maximum Gasteiger partial charge on any atom is 0.305 e. The van der Waals surface area contributed by atoms with Crippen molar-refractivity contribution in [2.24, 2.45) is 5.92 Å². The van der Waals surface area contributed by atoms with Gasteiger partial charge in [-0.2, -0.15) is 0 Å². The lowest BCUT2D eigenvalue weighted by molar-refractivity contribution is 0.310. The summed E-state index contributed by atoms with van der Waals surface area (Å²) in [6.45, 7) is 3.68. The van der Waals surface area contributed by atoms with Gasteiger partial charge in [-0.25, -0.2) is 13.1 Å². The number of nitrogens with one attached hydrogen (secondary N) is 2. The molecule has 2 atom stereocenters. The van der Waals surface area contributed by atoms with E-state index in [1.807, 2.05) is 0 Å². The van der Waals surface area contributed by atoms with Crippen LogP contribution >= 0.6 is 11.3 Å². The van der Waals surface area contributed by atoms with E-state index in [0.29, 0.717) is 11.6 Å². The smallest absolute Gasteiger partial charge is 0.305 e. The van der Waals surface area contributed by atoms with E-state index in [1.165, 1.54) is 0 Å². The highest BCUT2D eigenvalue weighted by atomic mass is 32.2. The molecule has 102 valence electrons. The number of thiazole rings is 1. The van der Waals surface area contributed by atoms with Crippen LogP contribution in [0.25, 0.3) is 0 Å². The van der Waals surface area contributed by atoms with Gasteiger partial charge in [-0.3, -0.25) is 4.79 Å². The summed E-state index contributed by atoms with van der Waals surface area (Å²) in [7, 11) is -3.57. The van der Waals surface area contributed by atoms with Crippen LogP contribution < -0.4 is 9.60 Å². The van der Waals surface area contributed by atoms with Gasteiger partial charge in [-0.05, 0) is 25.7 Å². The molecular formula is C11H18N2O3S2. The number of aryl methyl sites for hydroxylation is 1. The Balaban J connectivity index is 2.21. The minimum atomic E-state index is -3.57. The molecule has 5 nitrogen and oxygen atoms in total. The van der Waals surface area contributed by atoms with Crippen LogP contribution in [0.2, 0.25) is 0 Å². The molecule has 1 saturated carbocycles. The summed E-state index contributed by atoms with van der Waals surface area (Å²) in [5, 5.41) is 0. The van der Waals surface area contributed by atoms with Gasteiger partial charge < -0.3 is 4.98 Å². The molecule has 0 amide bonds. The van der Waals surface area contributed by atoms with E-state index in [-0.39, 0.29) is 15.1 Å². The summed E-state index contributed by atoms with van der Waals surface area (Å²) in [4.78, 5) is 13.4. The third-order valence-electron chi connectivity index (χ3n) is 3.44. The lowest BCUT2D eigenvalue weighted by Gasteiger charge is -2.28. The first-order valence-electron chi connectivity index (χ1n) is 6.12. The summed E-state index contributed by atoms with van der Waals surface area (Å²) in [6, 6.07) is -0.0136. The fraction of sp³-hybridized carbons (Fsp3) is 0.727. The molecule has 0 aliphatic heterocycles. The summed E-state index contributed by atoms with van der Waals surface area (Å²) in [6.07, 6.45) is 4.14. The molecular weight excluding hydrogens is 272 g/mol. The number of hydrogen-bond donors (Lipinski definition) is 2. The minimum Gasteiger partial charge on any atom is -0.315 e. The molecule has 2 rings (SSSR count). The maximum absolute atomic E-state index is 12.2. The van der Waals surface area contributed by atoms with Crippen molar-refractivity contribution in [3.63, 3.8) is 0 Å². The van der Waals surface area contributed by atoms with Crippen molar-refractivity contribution in [3.8, 4) is 0 Å². The number of sulfonamides is 1. The molecule has 0 saturated heterocycles. The summed E-state index contributed by atoms with van der Waals surface area (Å²) < 4.78 is 27.3. The van der Waals surface area contributed by atoms with E-state index < -0.39 is 10.0 Å². The third-order valence-corrected chi connectivity index (χ3v) is 6.54. The number of hydrogen-bond acceptors (Lipinski definition) is 4. The second kappa shape index (κ2) is 5.14. The molecule has 2 N–H and O–H groups in total. The summed E-state index contributed by atoms with van der Waals surface area (Å²) in [5.41, 5.74) is 0.418. The first kappa shape index (κ1) is 13.8. The van der Waals surface area contributed by atoms with Gasteiger partial charge in [0.25, 0.3) is 10.0 Å². The Hall–Kier alpha value is -0.660. The van der Waals surface area contributed by atoms with E-state index in [4.69, 9.17) is 0 Å². The zero-order chi connectivity index (χ0) is 13.3. The Morgan fingerprint density at radius 3 is 2.56 bits per heavy atom. The van der Waals surface area contributed by atoms with Crippen molar-refractivity contribution < 1.29 is 8.42 Å². The lowest BCUT2D eigenvalue weighted by Crippen LogP contribution is -2.40. The van der Waals surface area contributed by atoms with Crippen LogP contribution in [0.1, 0.15) is 38.3 Å². The van der Waals surface area contributed by atoms with Crippen LogP contribution in [0.4, 0.5) is 0 Å². The Bertz CT molecular complexity index is 573. The highest BCUT2D eigenvalue weighted by molar-refractivity contribution is 7.91. The Labute approximate surface area is 111 Å².